The van der Waals surface area contributed by atoms with Crippen LogP contribution < -0.4 is 14.2 Å². The second kappa shape index (κ2) is 7.77. The molecule has 1 saturated heterocycles. The lowest BCUT2D eigenvalue weighted by atomic mass is 10.1. The molecule has 8 heteroatoms. The van der Waals surface area contributed by atoms with Crippen molar-refractivity contribution in [3.05, 3.63) is 57.5 Å². The highest BCUT2D eigenvalue weighted by Gasteiger charge is 2.35. The smallest absolute Gasteiger partial charge is 0.293 e. The maximum absolute atomic E-state index is 12.8. The molecule has 0 bridgehead atoms. The first-order valence-corrected chi connectivity index (χ1v) is 9.81. The van der Waals surface area contributed by atoms with Gasteiger partial charge < -0.3 is 14.2 Å². The molecular weight excluding hydrogens is 402 g/mol. The Kier molecular flexibility index (Phi) is 5.19. The van der Waals surface area contributed by atoms with E-state index in [1.165, 1.54) is 4.90 Å². The fourth-order valence-electron chi connectivity index (χ4n) is 2.88. The van der Waals surface area contributed by atoms with Crippen LogP contribution in [0, 0.1) is 0 Å². The summed E-state index contributed by atoms with van der Waals surface area (Å²) in [6.45, 7) is 2.66. The average molecular weight is 418 g/mol. The molecule has 2 aliphatic heterocycles. The molecule has 0 saturated carbocycles. The van der Waals surface area contributed by atoms with E-state index in [1.807, 2.05) is 6.92 Å². The summed E-state index contributed by atoms with van der Waals surface area (Å²) >= 11 is 6.79. The summed E-state index contributed by atoms with van der Waals surface area (Å²) in [4.78, 5) is 26.7. The standard InChI is InChI=1S/C20H16ClNO5S/c1-2-25-15-9-17-16(26-11-27-17)7-13(15)8-18-19(23)22(20(24)28-18)10-12-3-5-14(21)6-4-12/h3-9H,2,10-11H2,1H3/b18-8+. The Hall–Kier alpha value is -2.64. The Morgan fingerprint density at radius 2 is 1.89 bits per heavy atom. The van der Waals surface area contributed by atoms with Gasteiger partial charge in [-0.25, -0.2) is 0 Å². The summed E-state index contributed by atoms with van der Waals surface area (Å²) in [5.74, 6) is 1.40. The molecule has 2 aliphatic rings. The maximum Gasteiger partial charge on any atom is 0.293 e. The highest BCUT2D eigenvalue weighted by molar-refractivity contribution is 8.18. The minimum absolute atomic E-state index is 0.141. The molecule has 2 heterocycles. The number of carbonyl (C=O) groups is 2. The number of rotatable bonds is 5. The zero-order valence-corrected chi connectivity index (χ0v) is 16.5. The number of carbonyl (C=O) groups excluding carboxylic acids is 2. The van der Waals surface area contributed by atoms with Gasteiger partial charge >= 0.3 is 0 Å². The summed E-state index contributed by atoms with van der Waals surface area (Å²) in [6, 6.07) is 10.5. The number of amides is 2. The molecule has 28 heavy (non-hydrogen) atoms. The second-order valence-electron chi connectivity index (χ2n) is 6.07. The largest absolute Gasteiger partial charge is 0.493 e. The van der Waals surface area contributed by atoms with Gasteiger partial charge in [-0.05, 0) is 48.5 Å². The Labute approximate surface area is 171 Å². The number of benzene rings is 2. The normalized spacial score (nSPS) is 16.9. The van der Waals surface area contributed by atoms with Crippen molar-refractivity contribution in [2.24, 2.45) is 0 Å². The van der Waals surface area contributed by atoms with Crippen LogP contribution in [0.25, 0.3) is 6.08 Å². The van der Waals surface area contributed by atoms with Gasteiger partial charge in [-0.15, -0.1) is 0 Å². The van der Waals surface area contributed by atoms with Crippen molar-refractivity contribution in [2.75, 3.05) is 13.4 Å². The lowest BCUT2D eigenvalue weighted by Gasteiger charge is -2.12. The van der Waals surface area contributed by atoms with E-state index in [0.29, 0.717) is 39.3 Å². The molecule has 6 nitrogen and oxygen atoms in total. The van der Waals surface area contributed by atoms with E-state index < -0.39 is 0 Å². The van der Waals surface area contributed by atoms with Gasteiger partial charge in [-0.3, -0.25) is 14.5 Å². The molecule has 2 aromatic rings. The molecule has 2 aromatic carbocycles. The van der Waals surface area contributed by atoms with Crippen molar-refractivity contribution in [2.45, 2.75) is 13.5 Å². The summed E-state index contributed by atoms with van der Waals surface area (Å²) in [7, 11) is 0. The van der Waals surface area contributed by atoms with E-state index in [0.717, 1.165) is 17.3 Å². The van der Waals surface area contributed by atoms with E-state index in [1.54, 1.807) is 42.5 Å². The summed E-state index contributed by atoms with van der Waals surface area (Å²) in [5, 5.41) is 0.286. The number of hydrogen-bond acceptors (Lipinski definition) is 6. The Morgan fingerprint density at radius 3 is 2.61 bits per heavy atom. The van der Waals surface area contributed by atoms with Gasteiger partial charge in [0, 0.05) is 16.7 Å². The van der Waals surface area contributed by atoms with Crippen LogP contribution in [0.15, 0.2) is 41.3 Å². The topological polar surface area (TPSA) is 65.1 Å². The van der Waals surface area contributed by atoms with Crippen LogP contribution in [-0.4, -0.2) is 29.4 Å². The summed E-state index contributed by atoms with van der Waals surface area (Å²) in [5.41, 5.74) is 1.48. The molecule has 0 atom stereocenters. The maximum atomic E-state index is 12.8. The third-order valence-corrected chi connectivity index (χ3v) is 5.38. The molecule has 144 valence electrons. The van der Waals surface area contributed by atoms with Crippen molar-refractivity contribution in [1.29, 1.82) is 0 Å². The van der Waals surface area contributed by atoms with Crippen LogP contribution in [0.2, 0.25) is 5.02 Å². The quantitative estimate of drug-likeness (QED) is 0.657. The summed E-state index contributed by atoms with van der Waals surface area (Å²) < 4.78 is 16.4. The molecule has 0 spiro atoms. The van der Waals surface area contributed by atoms with E-state index >= 15 is 0 Å². The number of imide groups is 1. The Morgan fingerprint density at radius 1 is 1.18 bits per heavy atom. The number of nitrogens with zero attached hydrogens (tertiary/aromatic N) is 1. The van der Waals surface area contributed by atoms with Gasteiger partial charge in [-0.1, -0.05) is 23.7 Å². The molecule has 0 unspecified atom stereocenters. The Balaban J connectivity index is 1.61. The second-order valence-corrected chi connectivity index (χ2v) is 7.50. The third kappa shape index (κ3) is 3.68. The molecule has 0 aliphatic carbocycles. The number of fused-ring (bicyclic) bond motifs is 1. The monoisotopic (exact) mass is 417 g/mol. The first-order valence-electron chi connectivity index (χ1n) is 8.61. The van der Waals surface area contributed by atoms with Crippen molar-refractivity contribution in [3.8, 4) is 17.2 Å². The molecular formula is C20H16ClNO5S. The number of ether oxygens (including phenoxy) is 3. The van der Waals surface area contributed by atoms with E-state index in [-0.39, 0.29) is 24.5 Å². The van der Waals surface area contributed by atoms with Crippen LogP contribution in [-0.2, 0) is 11.3 Å². The van der Waals surface area contributed by atoms with E-state index in [2.05, 4.69) is 0 Å². The van der Waals surface area contributed by atoms with Crippen molar-refractivity contribution < 1.29 is 23.8 Å². The molecule has 4 rings (SSSR count). The van der Waals surface area contributed by atoms with Crippen LogP contribution in [0.5, 0.6) is 17.2 Å². The van der Waals surface area contributed by atoms with Crippen molar-refractivity contribution in [1.82, 2.24) is 4.90 Å². The molecule has 1 fully saturated rings. The number of halogens is 1. The van der Waals surface area contributed by atoms with E-state index in [4.69, 9.17) is 25.8 Å². The summed E-state index contributed by atoms with van der Waals surface area (Å²) in [6.07, 6.45) is 1.65. The van der Waals surface area contributed by atoms with Crippen LogP contribution >= 0.6 is 23.4 Å². The first kappa shape index (κ1) is 18.7. The predicted molar refractivity (Wildman–Crippen MR) is 107 cm³/mol. The van der Waals surface area contributed by atoms with Crippen molar-refractivity contribution in [3.63, 3.8) is 0 Å². The number of hydrogen-bond donors (Lipinski definition) is 0. The fraction of sp³-hybridized carbons (Fsp3) is 0.200. The number of thioether (sulfide) groups is 1. The third-order valence-electron chi connectivity index (χ3n) is 4.22. The predicted octanol–water partition coefficient (Wildman–Crippen LogP) is 4.70. The Bertz CT molecular complexity index is 973. The molecule has 0 N–H and O–H groups in total. The van der Waals surface area contributed by atoms with Crippen LogP contribution in [0.4, 0.5) is 4.79 Å². The first-order chi connectivity index (χ1) is 13.5. The van der Waals surface area contributed by atoms with Gasteiger partial charge in [-0.2, -0.15) is 0 Å². The van der Waals surface area contributed by atoms with Crippen LogP contribution in [0.3, 0.4) is 0 Å². The lowest BCUT2D eigenvalue weighted by Crippen LogP contribution is -2.27. The van der Waals surface area contributed by atoms with Gasteiger partial charge in [0.1, 0.15) is 5.75 Å². The molecule has 0 aromatic heterocycles. The highest BCUT2D eigenvalue weighted by Crippen LogP contribution is 2.41. The van der Waals surface area contributed by atoms with Gasteiger partial charge in [0.2, 0.25) is 6.79 Å². The highest BCUT2D eigenvalue weighted by atomic mass is 35.5. The zero-order valence-electron chi connectivity index (χ0n) is 14.9. The molecule has 0 radical (unpaired) electrons. The van der Waals surface area contributed by atoms with E-state index in [9.17, 15) is 9.59 Å². The average Bonchev–Trinajstić information content (AvgIpc) is 3.23. The molecule has 2 amide bonds. The van der Waals surface area contributed by atoms with Crippen molar-refractivity contribution >= 4 is 40.6 Å². The van der Waals surface area contributed by atoms with Gasteiger partial charge in [0.15, 0.2) is 11.5 Å². The zero-order chi connectivity index (χ0) is 19.7. The van der Waals surface area contributed by atoms with Crippen LogP contribution in [0.1, 0.15) is 18.1 Å². The van der Waals surface area contributed by atoms with Gasteiger partial charge in [0.05, 0.1) is 18.1 Å². The van der Waals surface area contributed by atoms with Gasteiger partial charge in [0.25, 0.3) is 11.1 Å². The minimum atomic E-state index is -0.343. The fourth-order valence-corrected chi connectivity index (χ4v) is 3.84. The minimum Gasteiger partial charge on any atom is -0.493 e. The lowest BCUT2D eigenvalue weighted by molar-refractivity contribution is -0.123. The SMILES string of the molecule is CCOc1cc2c(cc1/C=C1/SC(=O)N(Cc3ccc(Cl)cc3)C1=O)OCO2.